The molecule has 0 spiro atoms. The minimum Gasteiger partial charge on any atom is -0.390 e. The van der Waals surface area contributed by atoms with Crippen LogP contribution < -0.4 is 0 Å². The van der Waals surface area contributed by atoms with Crippen LogP contribution in [0.5, 0.6) is 0 Å². The fourth-order valence-corrected chi connectivity index (χ4v) is 9.37. The topological polar surface area (TPSA) is 80.9 Å². The van der Waals surface area contributed by atoms with Gasteiger partial charge in [-0.1, -0.05) is 53.9 Å². The molecule has 0 amide bonds. The van der Waals surface area contributed by atoms with Crippen molar-refractivity contribution < 1.29 is 20.4 Å². The molecule has 0 heterocycles. The highest BCUT2D eigenvalue weighted by Crippen LogP contribution is 2.69. The third-order valence-electron chi connectivity index (χ3n) is 11.1. The van der Waals surface area contributed by atoms with Crippen LogP contribution in [0.25, 0.3) is 0 Å². The highest BCUT2D eigenvalue weighted by Gasteiger charge is 2.70. The zero-order chi connectivity index (χ0) is 22.8. The van der Waals surface area contributed by atoms with Crippen molar-refractivity contribution >= 4 is 0 Å². The Kier molecular flexibility index (Phi) is 6.38. The van der Waals surface area contributed by atoms with E-state index in [1.165, 1.54) is 38.5 Å². The zero-order valence-electron chi connectivity index (χ0n) is 20.6. The van der Waals surface area contributed by atoms with E-state index in [2.05, 4.69) is 34.6 Å². The van der Waals surface area contributed by atoms with Crippen molar-refractivity contribution in [3.05, 3.63) is 0 Å². The van der Waals surface area contributed by atoms with Gasteiger partial charge in [0.25, 0.3) is 0 Å². The van der Waals surface area contributed by atoms with Crippen LogP contribution in [0.3, 0.4) is 0 Å². The van der Waals surface area contributed by atoms with E-state index in [4.69, 9.17) is 0 Å². The summed E-state index contributed by atoms with van der Waals surface area (Å²) in [5, 5.41) is 43.9. The minimum atomic E-state index is -1.60. The van der Waals surface area contributed by atoms with Crippen LogP contribution in [-0.4, -0.2) is 44.3 Å². The molecule has 0 aromatic rings. The lowest BCUT2D eigenvalue weighted by Gasteiger charge is -2.66. The Hall–Kier alpha value is -0.160. The van der Waals surface area contributed by atoms with Crippen LogP contribution >= 0.6 is 0 Å². The Labute approximate surface area is 189 Å². The highest BCUT2D eigenvalue weighted by molar-refractivity contribution is 5.19. The highest BCUT2D eigenvalue weighted by atomic mass is 16.4. The van der Waals surface area contributed by atoms with Crippen molar-refractivity contribution in [3.8, 4) is 0 Å². The standard InChI is InChI=1S/C27H48O4/c1-16(2)7-6-8-17(3)19-9-10-20-18-15-23(29)27(31)24(30)22(28)12-14-26(27,5)21(18)11-13-25(19,20)4/h16-24,28-31H,6-15H2,1-5H3/t17-,18+,19-,20+,21+,22?,23?,24?,25-,26-,27?/m1/s1. The number of hydrogen-bond donors (Lipinski definition) is 4. The molecule has 0 aromatic heterocycles. The summed E-state index contributed by atoms with van der Waals surface area (Å²) in [5.41, 5.74) is -1.80. The van der Waals surface area contributed by atoms with Gasteiger partial charge >= 0.3 is 0 Å². The summed E-state index contributed by atoms with van der Waals surface area (Å²) in [7, 11) is 0. The SMILES string of the molecule is CC(C)CCC[C@@H](C)[C@H]1CC[C@H]2[C@@H]3CC(O)C4(O)C(O)C(O)CC[C@]4(C)[C@H]3CC[C@]12C. The van der Waals surface area contributed by atoms with Gasteiger partial charge in [-0.2, -0.15) is 0 Å². The van der Waals surface area contributed by atoms with Gasteiger partial charge in [-0.15, -0.1) is 0 Å². The van der Waals surface area contributed by atoms with Crippen LogP contribution in [0.1, 0.15) is 98.8 Å². The summed E-state index contributed by atoms with van der Waals surface area (Å²) in [6.45, 7) is 11.7. The molecule has 0 radical (unpaired) electrons. The lowest BCUT2D eigenvalue weighted by molar-refractivity contribution is -0.305. The van der Waals surface area contributed by atoms with Gasteiger partial charge in [0, 0.05) is 5.41 Å². The van der Waals surface area contributed by atoms with Gasteiger partial charge in [0.2, 0.25) is 0 Å². The molecule has 0 aromatic carbocycles. The maximum atomic E-state index is 11.6. The van der Waals surface area contributed by atoms with Gasteiger partial charge in [0.15, 0.2) is 0 Å². The third kappa shape index (κ3) is 3.45. The Morgan fingerprint density at radius 3 is 2.26 bits per heavy atom. The molecule has 4 aliphatic carbocycles. The monoisotopic (exact) mass is 436 g/mol. The average Bonchev–Trinajstić information content (AvgIpc) is 3.06. The summed E-state index contributed by atoms with van der Waals surface area (Å²) in [6, 6.07) is 0. The van der Waals surface area contributed by atoms with Gasteiger partial charge in [0.1, 0.15) is 11.7 Å². The molecule has 4 rings (SSSR count). The summed E-state index contributed by atoms with van der Waals surface area (Å²) >= 11 is 0. The molecule has 180 valence electrons. The van der Waals surface area contributed by atoms with Gasteiger partial charge in [-0.3, -0.25) is 0 Å². The molecule has 4 saturated carbocycles. The van der Waals surface area contributed by atoms with Crippen molar-refractivity contribution in [1.82, 2.24) is 0 Å². The molecular formula is C27H48O4. The van der Waals surface area contributed by atoms with E-state index >= 15 is 0 Å². The van der Waals surface area contributed by atoms with Crippen LogP contribution in [0, 0.1) is 46.3 Å². The maximum absolute atomic E-state index is 11.6. The first-order valence-corrected chi connectivity index (χ1v) is 13.2. The van der Waals surface area contributed by atoms with E-state index in [0.29, 0.717) is 42.4 Å². The summed E-state index contributed by atoms with van der Waals surface area (Å²) in [6.07, 6.45) is 7.35. The number of aliphatic hydroxyl groups excluding tert-OH is 3. The molecule has 0 aliphatic heterocycles. The fourth-order valence-electron chi connectivity index (χ4n) is 9.37. The largest absolute Gasteiger partial charge is 0.390 e. The van der Waals surface area contributed by atoms with Crippen molar-refractivity contribution in [1.29, 1.82) is 0 Å². The van der Waals surface area contributed by atoms with Crippen LogP contribution in [-0.2, 0) is 0 Å². The second-order valence-corrected chi connectivity index (χ2v) is 13.0. The number of fused-ring (bicyclic) bond motifs is 5. The molecule has 4 unspecified atom stereocenters. The quantitative estimate of drug-likeness (QED) is 0.511. The van der Waals surface area contributed by atoms with E-state index in [9.17, 15) is 20.4 Å². The van der Waals surface area contributed by atoms with Crippen molar-refractivity contribution in [2.75, 3.05) is 0 Å². The molecule has 4 fully saturated rings. The van der Waals surface area contributed by atoms with E-state index in [1.807, 2.05) is 0 Å². The maximum Gasteiger partial charge on any atom is 0.124 e. The first-order chi connectivity index (χ1) is 14.5. The van der Waals surface area contributed by atoms with E-state index in [-0.39, 0.29) is 0 Å². The Morgan fingerprint density at radius 1 is 0.871 bits per heavy atom. The van der Waals surface area contributed by atoms with E-state index in [1.54, 1.807) is 0 Å². The minimum absolute atomic E-state index is 0.316. The van der Waals surface area contributed by atoms with Crippen LogP contribution in [0.2, 0.25) is 0 Å². The third-order valence-corrected chi connectivity index (χ3v) is 11.1. The first-order valence-electron chi connectivity index (χ1n) is 13.2. The Morgan fingerprint density at radius 2 is 1.58 bits per heavy atom. The predicted octanol–water partition coefficient (Wildman–Crippen LogP) is 4.53. The summed E-state index contributed by atoms with van der Waals surface area (Å²) < 4.78 is 0. The Bertz CT molecular complexity index is 651. The average molecular weight is 437 g/mol. The molecule has 4 nitrogen and oxygen atoms in total. The van der Waals surface area contributed by atoms with Gasteiger partial charge < -0.3 is 20.4 Å². The molecule has 0 saturated heterocycles. The fraction of sp³-hybridized carbons (Fsp3) is 1.00. The van der Waals surface area contributed by atoms with Gasteiger partial charge in [0.05, 0.1) is 12.2 Å². The smallest absolute Gasteiger partial charge is 0.124 e. The predicted molar refractivity (Wildman–Crippen MR) is 123 cm³/mol. The molecule has 0 bridgehead atoms. The molecule has 4 N–H and O–H groups in total. The molecular weight excluding hydrogens is 388 g/mol. The molecule has 11 atom stereocenters. The number of aliphatic hydroxyl groups is 4. The van der Waals surface area contributed by atoms with Crippen molar-refractivity contribution in [2.24, 2.45) is 46.3 Å². The molecule has 31 heavy (non-hydrogen) atoms. The van der Waals surface area contributed by atoms with Crippen LogP contribution in [0.4, 0.5) is 0 Å². The first kappa shape index (κ1) is 24.0. The van der Waals surface area contributed by atoms with Crippen LogP contribution in [0.15, 0.2) is 0 Å². The Balaban J connectivity index is 1.55. The summed E-state index contributed by atoms with van der Waals surface area (Å²) in [4.78, 5) is 0. The van der Waals surface area contributed by atoms with Crippen molar-refractivity contribution in [3.63, 3.8) is 0 Å². The second kappa shape index (κ2) is 8.25. The molecule has 4 heteroatoms. The van der Waals surface area contributed by atoms with E-state index in [0.717, 1.165) is 24.2 Å². The van der Waals surface area contributed by atoms with Gasteiger partial charge in [-0.05, 0) is 85.9 Å². The lowest BCUT2D eigenvalue weighted by atomic mass is 9.42. The second-order valence-electron chi connectivity index (χ2n) is 13.0. The summed E-state index contributed by atoms with van der Waals surface area (Å²) in [5.74, 6) is 3.62. The van der Waals surface area contributed by atoms with Gasteiger partial charge in [-0.25, -0.2) is 0 Å². The number of rotatable bonds is 5. The zero-order valence-corrected chi connectivity index (χ0v) is 20.6. The normalized spacial score (nSPS) is 53.0. The van der Waals surface area contributed by atoms with E-state index < -0.39 is 29.3 Å². The molecule has 4 aliphatic rings. The van der Waals surface area contributed by atoms with Crippen molar-refractivity contribution in [2.45, 2.75) is 123 Å². The number of hydrogen-bond acceptors (Lipinski definition) is 4. The lowest BCUT2D eigenvalue weighted by Crippen LogP contribution is -2.74.